The summed E-state index contributed by atoms with van der Waals surface area (Å²) in [6, 6.07) is 4.67. The van der Waals surface area contributed by atoms with Crippen molar-refractivity contribution < 1.29 is 14.6 Å². The number of rotatable bonds is 2. The number of ether oxygens (including phenoxy) is 1. The highest BCUT2D eigenvalue weighted by atomic mass is 35.5. The SMILES string of the molecule is CC(C)(C)OC(=O)NCCC#Cc1cc(Cl)ccc1O. The number of aromatic hydroxyl groups is 1. The number of phenolic OH excluding ortho intramolecular Hbond substituents is 1. The Morgan fingerprint density at radius 3 is 2.80 bits per heavy atom. The van der Waals surface area contributed by atoms with Gasteiger partial charge in [0.2, 0.25) is 0 Å². The number of nitrogens with one attached hydrogen (secondary N) is 1. The van der Waals surface area contributed by atoms with Gasteiger partial charge in [-0.15, -0.1) is 0 Å². The smallest absolute Gasteiger partial charge is 0.407 e. The minimum atomic E-state index is -0.512. The molecule has 108 valence electrons. The first-order chi connectivity index (χ1) is 9.28. The first-order valence-corrected chi connectivity index (χ1v) is 6.60. The molecule has 1 amide bonds. The molecule has 20 heavy (non-hydrogen) atoms. The summed E-state index contributed by atoms with van der Waals surface area (Å²) in [6.07, 6.45) is -0.0181. The number of alkyl carbamates (subject to hydrolysis) is 1. The second-order valence-electron chi connectivity index (χ2n) is 5.14. The van der Waals surface area contributed by atoms with Gasteiger partial charge in [-0.2, -0.15) is 0 Å². The molecule has 0 radical (unpaired) electrons. The van der Waals surface area contributed by atoms with Crippen LogP contribution in [-0.2, 0) is 4.74 Å². The molecule has 5 heteroatoms. The molecule has 2 N–H and O–H groups in total. The van der Waals surface area contributed by atoms with Gasteiger partial charge >= 0.3 is 6.09 Å². The Kier molecular flexibility index (Phi) is 5.72. The molecule has 0 aliphatic rings. The summed E-state index contributed by atoms with van der Waals surface area (Å²) in [7, 11) is 0. The quantitative estimate of drug-likeness (QED) is 0.650. The zero-order valence-electron chi connectivity index (χ0n) is 11.8. The Hall–Kier alpha value is -1.86. The van der Waals surface area contributed by atoms with Crippen LogP contribution in [0.4, 0.5) is 4.79 Å². The molecule has 0 spiro atoms. The average molecular weight is 296 g/mol. The Bertz CT molecular complexity index is 538. The van der Waals surface area contributed by atoms with E-state index in [9.17, 15) is 9.90 Å². The zero-order valence-corrected chi connectivity index (χ0v) is 12.5. The minimum Gasteiger partial charge on any atom is -0.507 e. The summed E-state index contributed by atoms with van der Waals surface area (Å²) in [4.78, 5) is 11.4. The number of hydrogen-bond acceptors (Lipinski definition) is 3. The zero-order chi connectivity index (χ0) is 15.2. The monoisotopic (exact) mass is 295 g/mol. The van der Waals surface area contributed by atoms with E-state index in [1.165, 1.54) is 6.07 Å². The van der Waals surface area contributed by atoms with Crippen molar-refractivity contribution in [3.8, 4) is 17.6 Å². The van der Waals surface area contributed by atoms with Gasteiger partial charge in [0.05, 0.1) is 5.56 Å². The molecule has 0 fully saturated rings. The van der Waals surface area contributed by atoms with Crippen molar-refractivity contribution in [3.63, 3.8) is 0 Å². The van der Waals surface area contributed by atoms with E-state index in [2.05, 4.69) is 17.2 Å². The van der Waals surface area contributed by atoms with Crippen LogP contribution >= 0.6 is 11.6 Å². The second-order valence-corrected chi connectivity index (χ2v) is 5.58. The van der Waals surface area contributed by atoms with Crippen LogP contribution in [0.5, 0.6) is 5.75 Å². The maximum atomic E-state index is 11.4. The van der Waals surface area contributed by atoms with E-state index in [-0.39, 0.29) is 5.75 Å². The van der Waals surface area contributed by atoms with Crippen molar-refractivity contribution in [2.24, 2.45) is 0 Å². The highest BCUT2D eigenvalue weighted by molar-refractivity contribution is 6.30. The lowest BCUT2D eigenvalue weighted by Crippen LogP contribution is -2.32. The van der Waals surface area contributed by atoms with Gasteiger partial charge in [-0.05, 0) is 39.0 Å². The molecular weight excluding hydrogens is 278 g/mol. The number of phenols is 1. The summed E-state index contributed by atoms with van der Waals surface area (Å²) in [5.41, 5.74) is -0.0442. The molecule has 0 saturated heterocycles. The number of hydrogen-bond donors (Lipinski definition) is 2. The third kappa shape index (κ3) is 6.35. The largest absolute Gasteiger partial charge is 0.507 e. The fraction of sp³-hybridized carbons (Fsp3) is 0.400. The van der Waals surface area contributed by atoms with Crippen LogP contribution in [0.3, 0.4) is 0 Å². The predicted molar refractivity (Wildman–Crippen MR) is 78.8 cm³/mol. The van der Waals surface area contributed by atoms with E-state index in [4.69, 9.17) is 16.3 Å². The van der Waals surface area contributed by atoms with Crippen molar-refractivity contribution in [3.05, 3.63) is 28.8 Å². The molecule has 1 aromatic carbocycles. The first-order valence-electron chi connectivity index (χ1n) is 6.22. The Morgan fingerprint density at radius 2 is 2.15 bits per heavy atom. The molecule has 0 aromatic heterocycles. The van der Waals surface area contributed by atoms with Gasteiger partial charge in [-0.25, -0.2) is 4.79 Å². The number of carbonyl (C=O) groups excluding carboxylic acids is 1. The lowest BCUT2D eigenvalue weighted by molar-refractivity contribution is 0.0529. The Balaban J connectivity index is 2.40. The highest BCUT2D eigenvalue weighted by Crippen LogP contribution is 2.20. The van der Waals surface area contributed by atoms with Crippen LogP contribution in [0.2, 0.25) is 5.02 Å². The molecule has 0 heterocycles. The summed E-state index contributed by atoms with van der Waals surface area (Å²) in [5, 5.41) is 12.7. The topological polar surface area (TPSA) is 58.6 Å². The summed E-state index contributed by atoms with van der Waals surface area (Å²) in [6.45, 7) is 5.78. The van der Waals surface area contributed by atoms with E-state index in [1.807, 2.05) is 0 Å². The lowest BCUT2D eigenvalue weighted by atomic mass is 10.2. The van der Waals surface area contributed by atoms with E-state index >= 15 is 0 Å². The molecule has 0 saturated carbocycles. The molecular formula is C15H18ClNO3. The number of carbonyl (C=O) groups is 1. The number of halogens is 1. The Morgan fingerprint density at radius 1 is 1.45 bits per heavy atom. The second kappa shape index (κ2) is 7.06. The van der Waals surface area contributed by atoms with Crippen LogP contribution in [-0.4, -0.2) is 23.3 Å². The van der Waals surface area contributed by atoms with E-state index in [0.29, 0.717) is 23.6 Å². The van der Waals surface area contributed by atoms with Gasteiger partial charge in [0, 0.05) is 18.0 Å². The maximum Gasteiger partial charge on any atom is 0.407 e. The standard InChI is InChI=1S/C15H18ClNO3/c1-15(2,3)20-14(19)17-9-5-4-6-11-10-12(16)7-8-13(11)18/h7-8,10,18H,5,9H2,1-3H3,(H,17,19). The van der Waals surface area contributed by atoms with Crippen molar-refractivity contribution in [1.82, 2.24) is 5.32 Å². The van der Waals surface area contributed by atoms with Crippen molar-refractivity contribution in [1.29, 1.82) is 0 Å². The van der Waals surface area contributed by atoms with Crippen LogP contribution in [0.15, 0.2) is 18.2 Å². The summed E-state index contributed by atoms with van der Waals surface area (Å²) >= 11 is 5.81. The van der Waals surface area contributed by atoms with Gasteiger partial charge in [0.25, 0.3) is 0 Å². The molecule has 0 aliphatic heterocycles. The predicted octanol–water partition coefficient (Wildman–Crippen LogP) is 3.31. The van der Waals surface area contributed by atoms with Crippen LogP contribution in [0, 0.1) is 11.8 Å². The van der Waals surface area contributed by atoms with Crippen molar-refractivity contribution in [2.75, 3.05) is 6.54 Å². The highest BCUT2D eigenvalue weighted by Gasteiger charge is 2.15. The third-order valence-corrected chi connectivity index (χ3v) is 2.33. The lowest BCUT2D eigenvalue weighted by Gasteiger charge is -2.19. The van der Waals surface area contributed by atoms with E-state index in [0.717, 1.165) is 0 Å². The summed E-state index contributed by atoms with van der Waals surface area (Å²) in [5.74, 6) is 5.73. The molecule has 0 bridgehead atoms. The molecule has 4 nitrogen and oxygen atoms in total. The molecule has 0 aliphatic carbocycles. The maximum absolute atomic E-state index is 11.4. The van der Waals surface area contributed by atoms with Crippen LogP contribution in [0.1, 0.15) is 32.8 Å². The van der Waals surface area contributed by atoms with Gasteiger partial charge < -0.3 is 15.2 Å². The van der Waals surface area contributed by atoms with Crippen molar-refractivity contribution >= 4 is 17.7 Å². The third-order valence-electron chi connectivity index (χ3n) is 2.10. The van der Waals surface area contributed by atoms with Gasteiger partial charge in [-0.3, -0.25) is 0 Å². The number of benzene rings is 1. The normalized spacial score (nSPS) is 10.4. The van der Waals surface area contributed by atoms with Crippen LogP contribution < -0.4 is 5.32 Å². The van der Waals surface area contributed by atoms with Gasteiger partial charge in [0.1, 0.15) is 11.4 Å². The number of amides is 1. The van der Waals surface area contributed by atoms with Crippen LogP contribution in [0.25, 0.3) is 0 Å². The van der Waals surface area contributed by atoms with E-state index < -0.39 is 11.7 Å². The average Bonchev–Trinajstić information content (AvgIpc) is 2.30. The summed E-state index contributed by atoms with van der Waals surface area (Å²) < 4.78 is 5.08. The van der Waals surface area contributed by atoms with Gasteiger partial charge in [0.15, 0.2) is 0 Å². The minimum absolute atomic E-state index is 0.0852. The van der Waals surface area contributed by atoms with Crippen molar-refractivity contribution in [2.45, 2.75) is 32.8 Å². The fourth-order valence-corrected chi connectivity index (χ4v) is 1.48. The molecule has 1 aromatic rings. The molecule has 0 unspecified atom stereocenters. The molecule has 1 rings (SSSR count). The first kappa shape index (κ1) is 16.2. The fourth-order valence-electron chi connectivity index (χ4n) is 1.31. The Labute approximate surface area is 124 Å². The molecule has 0 atom stereocenters. The van der Waals surface area contributed by atoms with Gasteiger partial charge in [-0.1, -0.05) is 23.4 Å². The van der Waals surface area contributed by atoms with E-state index in [1.54, 1.807) is 32.9 Å².